The molecular weight excluding hydrogens is 598 g/mol. The lowest BCUT2D eigenvalue weighted by Gasteiger charge is -2.50. The van der Waals surface area contributed by atoms with E-state index in [0.717, 1.165) is 4.90 Å². The lowest BCUT2D eigenvalue weighted by atomic mass is 9.85. The molecule has 1 saturated heterocycles. The normalized spacial score (nSPS) is 18.6. The maximum absolute atomic E-state index is 13.8. The number of carbonyl (C=O) groups is 3. The van der Waals surface area contributed by atoms with Gasteiger partial charge in [-0.2, -0.15) is 0 Å². The SMILES string of the molecule is COc1ccc(OC)c([C@@H]2[C@H](N3C(=O)c4c(Cl)c(Cl)c(Cl)c(Cl)c4C3=O)C(=O)N2c2cccc(Cl)c2C)c1. The van der Waals surface area contributed by atoms with Gasteiger partial charge < -0.3 is 9.47 Å². The fourth-order valence-electron chi connectivity index (χ4n) is 4.85. The van der Waals surface area contributed by atoms with Crippen molar-refractivity contribution in [3.63, 3.8) is 0 Å². The van der Waals surface area contributed by atoms with E-state index in [1.54, 1.807) is 43.3 Å². The van der Waals surface area contributed by atoms with Crippen LogP contribution in [0.5, 0.6) is 11.5 Å². The van der Waals surface area contributed by atoms with Crippen LogP contribution in [-0.4, -0.2) is 42.9 Å². The first-order valence-electron chi connectivity index (χ1n) is 11.1. The zero-order valence-corrected chi connectivity index (χ0v) is 23.7. The molecule has 2 aliphatic rings. The van der Waals surface area contributed by atoms with E-state index in [0.29, 0.717) is 33.3 Å². The van der Waals surface area contributed by atoms with Gasteiger partial charge in [0.2, 0.25) is 0 Å². The van der Waals surface area contributed by atoms with Gasteiger partial charge in [0.1, 0.15) is 17.5 Å². The topological polar surface area (TPSA) is 76.1 Å². The van der Waals surface area contributed by atoms with Gasteiger partial charge in [-0.25, -0.2) is 0 Å². The Bertz CT molecular complexity index is 1510. The number of ether oxygens (including phenoxy) is 2. The molecule has 2 heterocycles. The minimum atomic E-state index is -1.27. The molecule has 0 unspecified atom stereocenters. The number of amides is 3. The maximum Gasteiger partial charge on any atom is 0.264 e. The van der Waals surface area contributed by atoms with Gasteiger partial charge in [-0.05, 0) is 42.8 Å². The number of benzene rings is 3. The van der Waals surface area contributed by atoms with Crippen LogP contribution < -0.4 is 14.4 Å². The van der Waals surface area contributed by atoms with Crippen molar-refractivity contribution in [2.75, 3.05) is 19.1 Å². The standard InChI is InChI=1S/C26H17Cl5N2O5/c1-10-13(27)5-4-6-14(10)32-22(12-9-11(37-2)7-8-15(12)38-3)23(26(32)36)33-24(34)16-17(25(33)35)19(29)21(31)20(30)18(16)28/h4-9,22-23H,1-3H3/t22-,23+/m1/s1. The third kappa shape index (κ3) is 3.75. The van der Waals surface area contributed by atoms with Crippen LogP contribution >= 0.6 is 58.0 Å². The number of rotatable bonds is 5. The molecular formula is C26H17Cl5N2O5. The summed E-state index contributed by atoms with van der Waals surface area (Å²) in [7, 11) is 2.97. The van der Waals surface area contributed by atoms with E-state index in [9.17, 15) is 14.4 Å². The number of imide groups is 1. The van der Waals surface area contributed by atoms with Crippen molar-refractivity contribution in [1.29, 1.82) is 0 Å². The maximum atomic E-state index is 13.8. The molecule has 2 atom stereocenters. The average Bonchev–Trinajstić information content (AvgIpc) is 3.16. The second kappa shape index (κ2) is 9.81. The summed E-state index contributed by atoms with van der Waals surface area (Å²) < 4.78 is 11.0. The van der Waals surface area contributed by atoms with Crippen molar-refractivity contribution in [3.05, 3.63) is 83.8 Å². The number of halogens is 5. The van der Waals surface area contributed by atoms with Gasteiger partial charge in [0.05, 0.1) is 51.5 Å². The van der Waals surface area contributed by atoms with Gasteiger partial charge in [-0.3, -0.25) is 24.2 Å². The molecule has 3 aromatic carbocycles. The predicted octanol–water partition coefficient (Wildman–Crippen LogP) is 7.03. The third-order valence-corrected chi connectivity index (χ3v) is 8.94. The Balaban J connectivity index is 1.71. The number of hydrogen-bond acceptors (Lipinski definition) is 5. The van der Waals surface area contributed by atoms with Crippen molar-refractivity contribution < 1.29 is 23.9 Å². The fourth-order valence-corrected chi connectivity index (χ4v) is 6.03. The minimum absolute atomic E-state index is 0.165. The Labute approximate surface area is 242 Å². The van der Waals surface area contributed by atoms with Crippen LogP contribution in [0.3, 0.4) is 0 Å². The van der Waals surface area contributed by atoms with Crippen LogP contribution in [0.1, 0.15) is 37.9 Å². The molecule has 2 aliphatic heterocycles. The largest absolute Gasteiger partial charge is 0.497 e. The van der Waals surface area contributed by atoms with Crippen molar-refractivity contribution in [3.8, 4) is 11.5 Å². The van der Waals surface area contributed by atoms with E-state index in [1.165, 1.54) is 19.1 Å². The van der Waals surface area contributed by atoms with E-state index < -0.39 is 29.8 Å². The average molecular weight is 615 g/mol. The number of methoxy groups -OCH3 is 2. The Morgan fingerprint density at radius 1 is 0.737 bits per heavy atom. The molecule has 1 fully saturated rings. The van der Waals surface area contributed by atoms with Gasteiger partial charge in [0, 0.05) is 16.3 Å². The summed E-state index contributed by atoms with van der Waals surface area (Å²) in [5, 5.41) is -0.327. The summed E-state index contributed by atoms with van der Waals surface area (Å²) in [6.07, 6.45) is 0. The van der Waals surface area contributed by atoms with Crippen LogP contribution in [0, 0.1) is 6.92 Å². The van der Waals surface area contributed by atoms with Crippen LogP contribution in [-0.2, 0) is 4.79 Å². The summed E-state index contributed by atoms with van der Waals surface area (Å²) in [6.45, 7) is 1.77. The van der Waals surface area contributed by atoms with Crippen LogP contribution in [0.15, 0.2) is 36.4 Å². The van der Waals surface area contributed by atoms with Gasteiger partial charge >= 0.3 is 0 Å². The van der Waals surface area contributed by atoms with Crippen LogP contribution in [0.2, 0.25) is 25.1 Å². The number of hydrogen-bond donors (Lipinski definition) is 0. The van der Waals surface area contributed by atoms with Gasteiger partial charge in [-0.1, -0.05) is 64.1 Å². The highest BCUT2D eigenvalue weighted by molar-refractivity contribution is 6.55. The first-order chi connectivity index (χ1) is 18.0. The van der Waals surface area contributed by atoms with E-state index in [-0.39, 0.29) is 31.2 Å². The van der Waals surface area contributed by atoms with E-state index in [1.807, 2.05) is 0 Å². The molecule has 3 aromatic rings. The lowest BCUT2D eigenvalue weighted by molar-refractivity contribution is -0.130. The third-order valence-electron chi connectivity index (χ3n) is 6.73. The summed E-state index contributed by atoms with van der Waals surface area (Å²) >= 11 is 31.4. The first-order valence-corrected chi connectivity index (χ1v) is 13.0. The van der Waals surface area contributed by atoms with E-state index >= 15 is 0 Å². The predicted molar refractivity (Wildman–Crippen MR) is 147 cm³/mol. The summed E-state index contributed by atoms with van der Waals surface area (Å²) in [6, 6.07) is 8.04. The molecule has 5 rings (SSSR count). The monoisotopic (exact) mass is 612 g/mol. The highest BCUT2D eigenvalue weighted by Crippen LogP contribution is 2.51. The number of carbonyl (C=O) groups excluding carboxylic acids is 3. The number of anilines is 1. The number of fused-ring (bicyclic) bond motifs is 1. The second-order valence-corrected chi connectivity index (χ2v) is 10.5. The van der Waals surface area contributed by atoms with Crippen molar-refractivity contribution in [2.45, 2.75) is 19.0 Å². The molecule has 0 aromatic heterocycles. The van der Waals surface area contributed by atoms with Crippen molar-refractivity contribution in [1.82, 2.24) is 4.90 Å². The molecule has 12 heteroatoms. The van der Waals surface area contributed by atoms with Crippen LogP contribution in [0.4, 0.5) is 5.69 Å². The first kappa shape index (κ1) is 26.9. The quantitative estimate of drug-likeness (QED) is 0.134. The fraction of sp³-hybridized carbons (Fsp3) is 0.192. The molecule has 196 valence electrons. The number of β-lactam (4-membered cyclic amide) rings is 1. The van der Waals surface area contributed by atoms with E-state index in [4.69, 9.17) is 67.5 Å². The summed E-state index contributed by atoms with van der Waals surface area (Å²) in [5.41, 5.74) is 1.23. The Kier molecular flexibility index (Phi) is 6.95. The summed E-state index contributed by atoms with van der Waals surface area (Å²) in [5.74, 6) is -1.26. The molecule has 3 amide bonds. The number of nitrogens with zero attached hydrogens (tertiary/aromatic N) is 2. The highest BCUT2D eigenvalue weighted by atomic mass is 35.5. The molecule has 0 aliphatic carbocycles. The van der Waals surface area contributed by atoms with Crippen molar-refractivity contribution >= 4 is 81.4 Å². The molecule has 7 nitrogen and oxygen atoms in total. The highest BCUT2D eigenvalue weighted by Gasteiger charge is 2.59. The zero-order chi connectivity index (χ0) is 27.6. The summed E-state index contributed by atoms with van der Waals surface area (Å²) in [4.78, 5) is 43.5. The van der Waals surface area contributed by atoms with Gasteiger partial charge in [0.15, 0.2) is 0 Å². The molecule has 0 saturated carbocycles. The molecule has 0 bridgehead atoms. The Hall–Kier alpha value is -2.68. The second-order valence-electron chi connectivity index (χ2n) is 8.58. The van der Waals surface area contributed by atoms with Gasteiger partial charge in [-0.15, -0.1) is 0 Å². The Morgan fingerprint density at radius 3 is 1.89 bits per heavy atom. The van der Waals surface area contributed by atoms with Crippen molar-refractivity contribution in [2.24, 2.45) is 0 Å². The van der Waals surface area contributed by atoms with E-state index in [2.05, 4.69) is 0 Å². The van der Waals surface area contributed by atoms with Crippen LogP contribution in [0.25, 0.3) is 0 Å². The molecule has 38 heavy (non-hydrogen) atoms. The minimum Gasteiger partial charge on any atom is -0.497 e. The zero-order valence-electron chi connectivity index (χ0n) is 19.9. The molecule has 0 spiro atoms. The smallest absolute Gasteiger partial charge is 0.264 e. The molecule has 0 N–H and O–H groups in total. The van der Waals surface area contributed by atoms with Gasteiger partial charge in [0.25, 0.3) is 17.7 Å². The molecule has 0 radical (unpaired) electrons. The lowest BCUT2D eigenvalue weighted by Crippen LogP contribution is -2.67. The Morgan fingerprint density at radius 2 is 1.34 bits per heavy atom.